The maximum absolute atomic E-state index is 12.3. The Morgan fingerprint density at radius 2 is 1.97 bits per heavy atom. The minimum atomic E-state index is -0.656. The second-order valence-electron chi connectivity index (χ2n) is 6.46. The van der Waals surface area contributed by atoms with Crippen molar-refractivity contribution < 1.29 is 18.9 Å². The summed E-state index contributed by atoms with van der Waals surface area (Å²) in [7, 11) is 0. The van der Waals surface area contributed by atoms with Crippen LogP contribution < -0.4 is 16.4 Å². The van der Waals surface area contributed by atoms with Crippen LogP contribution in [-0.2, 0) is 16.1 Å². The summed E-state index contributed by atoms with van der Waals surface area (Å²) in [6.45, 7) is 1.56. The van der Waals surface area contributed by atoms with E-state index >= 15 is 0 Å². The van der Waals surface area contributed by atoms with E-state index in [1.165, 1.54) is 29.7 Å². The number of amides is 2. The third-order valence-corrected chi connectivity index (χ3v) is 4.54. The first-order valence-corrected chi connectivity index (χ1v) is 9.27. The van der Waals surface area contributed by atoms with Crippen LogP contribution in [0.15, 0.2) is 45.6 Å². The number of rotatable bonds is 7. The Labute approximate surface area is 174 Å². The van der Waals surface area contributed by atoms with Crippen molar-refractivity contribution in [1.29, 1.82) is 0 Å². The Hall–Kier alpha value is -3.66. The van der Waals surface area contributed by atoms with Gasteiger partial charge in [-0.15, -0.1) is 0 Å². The molecule has 0 saturated heterocycles. The number of halogens is 1. The zero-order chi connectivity index (χ0) is 21.8. The van der Waals surface area contributed by atoms with Gasteiger partial charge in [0.1, 0.15) is 0 Å². The van der Waals surface area contributed by atoms with Crippen LogP contribution in [0.3, 0.4) is 0 Å². The van der Waals surface area contributed by atoms with Gasteiger partial charge in [-0.2, -0.15) is 0 Å². The molecule has 156 valence electrons. The average Bonchev–Trinajstić information content (AvgIpc) is 2.98. The quantitative estimate of drug-likeness (QED) is 0.432. The van der Waals surface area contributed by atoms with Gasteiger partial charge < -0.3 is 15.1 Å². The first-order chi connectivity index (χ1) is 14.2. The molecule has 30 heavy (non-hydrogen) atoms. The topological polar surface area (TPSA) is 136 Å². The van der Waals surface area contributed by atoms with Crippen molar-refractivity contribution in [2.24, 2.45) is 0 Å². The van der Waals surface area contributed by atoms with Crippen molar-refractivity contribution in [2.45, 2.75) is 26.3 Å². The predicted molar refractivity (Wildman–Crippen MR) is 111 cm³/mol. The number of nitro benzene ring substituents is 1. The molecule has 3 aromatic rings. The van der Waals surface area contributed by atoms with E-state index in [-0.39, 0.29) is 36.1 Å². The summed E-state index contributed by atoms with van der Waals surface area (Å²) in [5.41, 5.74) is 1.19. The predicted octanol–water partition coefficient (Wildman–Crippen LogP) is 3.53. The molecule has 0 aliphatic rings. The molecule has 1 aromatic heterocycles. The number of carbonyl (C=O) groups is 2. The van der Waals surface area contributed by atoms with Gasteiger partial charge in [0.15, 0.2) is 5.58 Å². The van der Waals surface area contributed by atoms with Crippen LogP contribution in [0, 0.1) is 10.1 Å². The summed E-state index contributed by atoms with van der Waals surface area (Å²) in [5, 5.41) is 16.4. The molecular formula is C19H17ClN4O6. The Morgan fingerprint density at radius 3 is 2.67 bits per heavy atom. The summed E-state index contributed by atoms with van der Waals surface area (Å²) in [4.78, 5) is 45.7. The van der Waals surface area contributed by atoms with Crippen molar-refractivity contribution >= 4 is 51.6 Å². The molecule has 1 heterocycles. The van der Waals surface area contributed by atoms with E-state index in [0.29, 0.717) is 28.3 Å². The fourth-order valence-corrected chi connectivity index (χ4v) is 3.06. The molecule has 2 amide bonds. The smallest absolute Gasteiger partial charge is 0.407 e. The molecule has 11 heteroatoms. The van der Waals surface area contributed by atoms with Crippen LogP contribution in [0.2, 0.25) is 5.02 Å². The van der Waals surface area contributed by atoms with Crippen LogP contribution >= 0.6 is 11.6 Å². The zero-order valence-electron chi connectivity index (χ0n) is 15.8. The number of benzene rings is 2. The number of nitrogens with zero attached hydrogens (tertiary/aromatic N) is 2. The van der Waals surface area contributed by atoms with Crippen molar-refractivity contribution in [1.82, 2.24) is 4.57 Å². The third-order valence-electron chi connectivity index (χ3n) is 4.21. The number of anilines is 2. The molecule has 0 saturated carbocycles. The number of nitro groups is 1. The highest BCUT2D eigenvalue weighted by Gasteiger charge is 2.14. The number of non-ortho nitro benzene ring substituents is 1. The highest BCUT2D eigenvalue weighted by Crippen LogP contribution is 2.26. The number of hydrogen-bond acceptors (Lipinski definition) is 6. The number of oxazole rings is 1. The van der Waals surface area contributed by atoms with Crippen LogP contribution in [0.4, 0.5) is 17.1 Å². The van der Waals surface area contributed by atoms with Crippen molar-refractivity contribution in [3.05, 3.63) is 62.1 Å². The van der Waals surface area contributed by atoms with Gasteiger partial charge in [0.2, 0.25) is 11.8 Å². The summed E-state index contributed by atoms with van der Waals surface area (Å²) in [5.74, 6) is -1.23. The van der Waals surface area contributed by atoms with Gasteiger partial charge in [0.05, 0.1) is 27.2 Å². The Kier molecular flexibility index (Phi) is 6.17. The summed E-state index contributed by atoms with van der Waals surface area (Å²) in [6.07, 6.45) is 0.410. The van der Waals surface area contributed by atoms with Gasteiger partial charge in [-0.3, -0.25) is 24.3 Å². The molecule has 0 aliphatic heterocycles. The Morgan fingerprint density at radius 1 is 1.20 bits per heavy atom. The number of fused-ring (bicyclic) bond motifs is 1. The first kappa shape index (κ1) is 21.1. The standard InChI is InChI=1S/C19H17ClN4O6/c1-11(25)21-12-4-6-14(20)15(9-12)22-18(26)3-2-8-23-16-7-5-13(24(28)29)10-17(16)30-19(23)27/h4-7,9-10H,2-3,8H2,1H3,(H,21,25)(H,22,26). The van der Waals surface area contributed by atoms with E-state index in [9.17, 15) is 24.5 Å². The molecule has 2 aromatic carbocycles. The van der Waals surface area contributed by atoms with Crippen LogP contribution in [0.25, 0.3) is 11.1 Å². The van der Waals surface area contributed by atoms with E-state index in [0.717, 1.165) is 0 Å². The second kappa shape index (κ2) is 8.78. The SMILES string of the molecule is CC(=O)Nc1ccc(Cl)c(NC(=O)CCCn2c(=O)oc3cc([N+](=O)[O-])ccc32)c1. The molecule has 3 rings (SSSR count). The van der Waals surface area contributed by atoms with Gasteiger partial charge in [0.25, 0.3) is 5.69 Å². The largest absolute Gasteiger partial charge is 0.419 e. The maximum atomic E-state index is 12.3. The number of aromatic nitrogens is 1. The Bertz CT molecular complexity index is 1200. The van der Waals surface area contributed by atoms with E-state index in [4.69, 9.17) is 16.0 Å². The van der Waals surface area contributed by atoms with Gasteiger partial charge >= 0.3 is 5.76 Å². The number of nitrogens with one attached hydrogen (secondary N) is 2. The minimum Gasteiger partial charge on any atom is -0.407 e. The number of aryl methyl sites for hydroxylation is 1. The lowest BCUT2D eigenvalue weighted by Crippen LogP contribution is -2.17. The van der Waals surface area contributed by atoms with Gasteiger partial charge in [0, 0.05) is 31.6 Å². The van der Waals surface area contributed by atoms with Crippen LogP contribution in [-0.4, -0.2) is 21.3 Å². The molecule has 0 bridgehead atoms. The van der Waals surface area contributed by atoms with Crippen molar-refractivity contribution in [2.75, 3.05) is 10.6 Å². The Balaban J connectivity index is 1.64. The van der Waals surface area contributed by atoms with Crippen LogP contribution in [0.1, 0.15) is 19.8 Å². The van der Waals surface area contributed by atoms with Crippen LogP contribution in [0.5, 0.6) is 0 Å². The fraction of sp³-hybridized carbons (Fsp3) is 0.211. The summed E-state index contributed by atoms with van der Waals surface area (Å²) in [6, 6.07) is 8.61. The molecule has 0 atom stereocenters. The second-order valence-corrected chi connectivity index (χ2v) is 6.86. The molecule has 0 spiro atoms. The zero-order valence-corrected chi connectivity index (χ0v) is 16.6. The molecule has 0 aliphatic carbocycles. The lowest BCUT2D eigenvalue weighted by Gasteiger charge is -2.10. The van der Waals surface area contributed by atoms with E-state index in [1.54, 1.807) is 18.2 Å². The maximum Gasteiger partial charge on any atom is 0.419 e. The molecular weight excluding hydrogens is 416 g/mol. The van der Waals surface area contributed by atoms with Crippen molar-refractivity contribution in [3.63, 3.8) is 0 Å². The number of carbonyl (C=O) groups excluding carboxylic acids is 2. The minimum absolute atomic E-state index is 0.0901. The van der Waals surface area contributed by atoms with E-state index in [2.05, 4.69) is 10.6 Å². The average molecular weight is 433 g/mol. The highest BCUT2D eigenvalue weighted by molar-refractivity contribution is 6.33. The fourth-order valence-electron chi connectivity index (χ4n) is 2.89. The molecule has 0 unspecified atom stereocenters. The molecule has 10 nitrogen and oxygen atoms in total. The monoisotopic (exact) mass is 432 g/mol. The lowest BCUT2D eigenvalue weighted by molar-refractivity contribution is -0.384. The first-order valence-electron chi connectivity index (χ1n) is 8.89. The van der Waals surface area contributed by atoms with Gasteiger partial charge in [-0.1, -0.05) is 11.6 Å². The molecule has 0 radical (unpaired) electrons. The highest BCUT2D eigenvalue weighted by atomic mass is 35.5. The van der Waals surface area contributed by atoms with Gasteiger partial charge in [-0.05, 0) is 30.7 Å². The van der Waals surface area contributed by atoms with E-state index in [1.807, 2.05) is 0 Å². The molecule has 2 N–H and O–H groups in total. The lowest BCUT2D eigenvalue weighted by atomic mass is 10.2. The normalized spacial score (nSPS) is 10.7. The third kappa shape index (κ3) is 4.84. The summed E-state index contributed by atoms with van der Waals surface area (Å²) < 4.78 is 6.37. The van der Waals surface area contributed by atoms with Gasteiger partial charge in [-0.25, -0.2) is 4.79 Å². The summed E-state index contributed by atoms with van der Waals surface area (Å²) >= 11 is 6.08. The number of hydrogen-bond donors (Lipinski definition) is 2. The van der Waals surface area contributed by atoms with Crippen molar-refractivity contribution in [3.8, 4) is 0 Å². The molecule has 0 fully saturated rings. The van der Waals surface area contributed by atoms with E-state index < -0.39 is 10.7 Å².